The highest BCUT2D eigenvalue weighted by atomic mass is 16.5. The molecule has 5 rings (SSSR count). The number of ether oxygens (including phenoxy) is 1. The Morgan fingerprint density at radius 3 is 2.90 bits per heavy atom. The van der Waals surface area contributed by atoms with Gasteiger partial charge in [0.15, 0.2) is 11.5 Å². The minimum Gasteiger partial charge on any atom is -0.383 e. The molecule has 0 radical (unpaired) electrons. The molecular formula is C22H24N6O2. The minimum absolute atomic E-state index is 0.00701. The zero-order valence-corrected chi connectivity index (χ0v) is 16.9. The average Bonchev–Trinajstić information content (AvgIpc) is 3.41. The largest absolute Gasteiger partial charge is 0.383 e. The fourth-order valence-corrected chi connectivity index (χ4v) is 4.33. The summed E-state index contributed by atoms with van der Waals surface area (Å²) in [4.78, 5) is 20.5. The van der Waals surface area contributed by atoms with Crippen molar-refractivity contribution in [2.24, 2.45) is 0 Å². The van der Waals surface area contributed by atoms with Crippen LogP contribution < -0.4 is 5.56 Å². The molecular weight excluding hydrogens is 380 g/mol. The predicted molar refractivity (Wildman–Crippen MR) is 113 cm³/mol. The SMILES string of the molecule is COCCn1c(C2CCCN2Cc2nnc3ccccn23)nc2ccccc2c1=O. The fraction of sp³-hybridized carbons (Fsp3) is 0.364. The summed E-state index contributed by atoms with van der Waals surface area (Å²) >= 11 is 0. The van der Waals surface area contributed by atoms with Gasteiger partial charge in [0.05, 0.1) is 36.6 Å². The van der Waals surface area contributed by atoms with E-state index in [1.54, 1.807) is 11.7 Å². The number of hydrogen-bond donors (Lipinski definition) is 0. The summed E-state index contributed by atoms with van der Waals surface area (Å²) in [7, 11) is 1.65. The summed E-state index contributed by atoms with van der Waals surface area (Å²) in [5.74, 6) is 1.70. The Bertz CT molecular complexity index is 1250. The van der Waals surface area contributed by atoms with E-state index in [1.807, 2.05) is 53.1 Å². The number of para-hydroxylation sites is 1. The van der Waals surface area contributed by atoms with E-state index < -0.39 is 0 Å². The van der Waals surface area contributed by atoms with Crippen molar-refractivity contribution in [1.82, 2.24) is 29.0 Å². The Kier molecular flexibility index (Phi) is 5.02. The highest BCUT2D eigenvalue weighted by molar-refractivity contribution is 5.77. The van der Waals surface area contributed by atoms with Crippen LogP contribution in [0.1, 0.15) is 30.5 Å². The third-order valence-electron chi connectivity index (χ3n) is 5.80. The van der Waals surface area contributed by atoms with Crippen LogP contribution in [0, 0.1) is 0 Å². The molecule has 1 fully saturated rings. The first-order valence-corrected chi connectivity index (χ1v) is 10.3. The van der Waals surface area contributed by atoms with Crippen molar-refractivity contribution < 1.29 is 4.74 Å². The minimum atomic E-state index is -0.00701. The molecule has 1 saturated heterocycles. The van der Waals surface area contributed by atoms with E-state index in [2.05, 4.69) is 15.1 Å². The number of rotatable bonds is 6. The van der Waals surface area contributed by atoms with E-state index >= 15 is 0 Å². The zero-order chi connectivity index (χ0) is 20.5. The molecule has 1 unspecified atom stereocenters. The first-order valence-electron chi connectivity index (χ1n) is 10.3. The first kappa shape index (κ1) is 18.9. The molecule has 1 aromatic carbocycles. The number of benzene rings is 1. The van der Waals surface area contributed by atoms with Gasteiger partial charge in [-0.3, -0.25) is 18.7 Å². The molecule has 8 heteroatoms. The van der Waals surface area contributed by atoms with Crippen LogP contribution in [-0.4, -0.2) is 49.3 Å². The van der Waals surface area contributed by atoms with Gasteiger partial charge < -0.3 is 4.74 Å². The highest BCUT2D eigenvalue weighted by Crippen LogP contribution is 2.32. The molecule has 3 aromatic heterocycles. The molecule has 30 heavy (non-hydrogen) atoms. The monoisotopic (exact) mass is 404 g/mol. The van der Waals surface area contributed by atoms with Gasteiger partial charge in [-0.25, -0.2) is 4.98 Å². The van der Waals surface area contributed by atoms with E-state index in [1.165, 1.54) is 0 Å². The maximum atomic E-state index is 13.2. The molecule has 4 heterocycles. The lowest BCUT2D eigenvalue weighted by molar-refractivity contribution is 0.178. The van der Waals surface area contributed by atoms with E-state index in [-0.39, 0.29) is 11.6 Å². The van der Waals surface area contributed by atoms with Crippen LogP contribution in [0.4, 0.5) is 0 Å². The van der Waals surface area contributed by atoms with Gasteiger partial charge in [-0.05, 0) is 43.7 Å². The number of hydrogen-bond acceptors (Lipinski definition) is 6. The Balaban J connectivity index is 1.55. The van der Waals surface area contributed by atoms with Gasteiger partial charge in [0.2, 0.25) is 0 Å². The maximum Gasteiger partial charge on any atom is 0.261 e. The van der Waals surface area contributed by atoms with Crippen LogP contribution in [0.5, 0.6) is 0 Å². The van der Waals surface area contributed by atoms with Gasteiger partial charge >= 0.3 is 0 Å². The number of nitrogens with zero attached hydrogens (tertiary/aromatic N) is 6. The van der Waals surface area contributed by atoms with Crippen molar-refractivity contribution in [1.29, 1.82) is 0 Å². The second kappa shape index (κ2) is 7.97. The lowest BCUT2D eigenvalue weighted by Gasteiger charge is -2.26. The summed E-state index contributed by atoms with van der Waals surface area (Å²) < 4.78 is 9.07. The van der Waals surface area contributed by atoms with Crippen LogP contribution in [0.15, 0.2) is 53.5 Å². The summed E-state index contributed by atoms with van der Waals surface area (Å²) in [6, 6.07) is 13.5. The average molecular weight is 404 g/mol. The fourth-order valence-electron chi connectivity index (χ4n) is 4.33. The summed E-state index contributed by atoms with van der Waals surface area (Å²) in [6.07, 6.45) is 3.99. The van der Waals surface area contributed by atoms with Gasteiger partial charge in [0.1, 0.15) is 5.82 Å². The zero-order valence-electron chi connectivity index (χ0n) is 16.9. The smallest absolute Gasteiger partial charge is 0.261 e. The van der Waals surface area contributed by atoms with Gasteiger partial charge in [-0.2, -0.15) is 0 Å². The number of fused-ring (bicyclic) bond motifs is 2. The summed E-state index contributed by atoms with van der Waals surface area (Å²) in [5.41, 5.74) is 1.57. The normalized spacial score (nSPS) is 17.3. The maximum absolute atomic E-state index is 13.2. The standard InChI is InChI=1S/C22H24N6O2/c1-30-14-13-28-21(23-17-8-3-2-7-16(17)22(28)29)18-9-6-11-26(18)15-20-25-24-19-10-4-5-12-27(19)20/h2-5,7-8,10,12,18H,6,9,11,13-15H2,1H3. The molecule has 0 bridgehead atoms. The molecule has 4 aromatic rings. The van der Waals surface area contributed by atoms with Crippen LogP contribution in [-0.2, 0) is 17.8 Å². The summed E-state index contributed by atoms with van der Waals surface area (Å²) in [5, 5.41) is 9.30. The van der Waals surface area contributed by atoms with E-state index in [0.29, 0.717) is 25.1 Å². The number of pyridine rings is 1. The molecule has 0 saturated carbocycles. The number of methoxy groups -OCH3 is 1. The van der Waals surface area contributed by atoms with Gasteiger partial charge in [0, 0.05) is 13.3 Å². The molecule has 0 aliphatic carbocycles. The van der Waals surface area contributed by atoms with Crippen LogP contribution in [0.3, 0.4) is 0 Å². The lowest BCUT2D eigenvalue weighted by atomic mass is 10.1. The van der Waals surface area contributed by atoms with Gasteiger partial charge in [0.25, 0.3) is 5.56 Å². The van der Waals surface area contributed by atoms with Crippen LogP contribution in [0.2, 0.25) is 0 Å². The highest BCUT2D eigenvalue weighted by Gasteiger charge is 2.31. The van der Waals surface area contributed by atoms with E-state index in [4.69, 9.17) is 9.72 Å². The molecule has 0 N–H and O–H groups in total. The Morgan fingerprint density at radius 1 is 1.13 bits per heavy atom. The molecule has 0 amide bonds. The second-order valence-corrected chi connectivity index (χ2v) is 7.61. The molecule has 1 atom stereocenters. The second-order valence-electron chi connectivity index (χ2n) is 7.61. The third kappa shape index (κ3) is 3.28. The van der Waals surface area contributed by atoms with Crippen LogP contribution >= 0.6 is 0 Å². The lowest BCUT2D eigenvalue weighted by Crippen LogP contribution is -2.33. The third-order valence-corrected chi connectivity index (χ3v) is 5.80. The Hall–Kier alpha value is -3.10. The van der Waals surface area contributed by atoms with Crippen molar-refractivity contribution in [3.8, 4) is 0 Å². The van der Waals surface area contributed by atoms with Crippen molar-refractivity contribution in [3.05, 3.63) is 70.7 Å². The summed E-state index contributed by atoms with van der Waals surface area (Å²) in [6.45, 7) is 2.54. The van der Waals surface area contributed by atoms with Gasteiger partial charge in [-0.15, -0.1) is 10.2 Å². The number of aromatic nitrogens is 5. The van der Waals surface area contributed by atoms with Gasteiger partial charge in [-0.1, -0.05) is 18.2 Å². The quantitative estimate of drug-likeness (QED) is 0.491. The van der Waals surface area contributed by atoms with Crippen molar-refractivity contribution in [2.75, 3.05) is 20.3 Å². The van der Waals surface area contributed by atoms with E-state index in [0.717, 1.165) is 42.2 Å². The molecule has 1 aliphatic rings. The Morgan fingerprint density at radius 2 is 2.00 bits per heavy atom. The Labute approximate surface area is 173 Å². The first-order chi connectivity index (χ1) is 14.8. The van der Waals surface area contributed by atoms with E-state index in [9.17, 15) is 4.79 Å². The van der Waals surface area contributed by atoms with Crippen molar-refractivity contribution in [3.63, 3.8) is 0 Å². The topological polar surface area (TPSA) is 77.6 Å². The molecule has 8 nitrogen and oxygen atoms in total. The van der Waals surface area contributed by atoms with Crippen LogP contribution in [0.25, 0.3) is 16.6 Å². The molecule has 154 valence electrons. The van der Waals surface area contributed by atoms with Crippen molar-refractivity contribution >= 4 is 16.6 Å². The van der Waals surface area contributed by atoms with Crippen molar-refractivity contribution in [2.45, 2.75) is 32.0 Å². The number of likely N-dealkylation sites (tertiary alicyclic amines) is 1. The molecule has 0 spiro atoms. The predicted octanol–water partition coefficient (Wildman–Crippen LogP) is 2.42. The molecule has 1 aliphatic heterocycles.